The van der Waals surface area contributed by atoms with Crippen LogP contribution in [0.5, 0.6) is 0 Å². The molecule has 2 aliphatic rings. The monoisotopic (exact) mass is 538 g/mol. The molecule has 0 aromatic heterocycles. The van der Waals surface area contributed by atoms with Gasteiger partial charge in [0.2, 0.25) is 0 Å². The second kappa shape index (κ2) is 8.19. The van der Waals surface area contributed by atoms with Gasteiger partial charge in [-0.3, -0.25) is 0 Å². The fraction of sp³-hybridized carbons (Fsp3) is 0.217. The van der Waals surface area contributed by atoms with Crippen LogP contribution in [0.3, 0.4) is 0 Å². The summed E-state index contributed by atoms with van der Waals surface area (Å²) in [5.41, 5.74) is 7.44. The van der Waals surface area contributed by atoms with Crippen LogP contribution in [0, 0.1) is 0 Å². The number of benzene rings is 2. The summed E-state index contributed by atoms with van der Waals surface area (Å²) in [5.74, 6) is 0. The molecule has 0 nitrogen and oxygen atoms in total. The largest absolute Gasteiger partial charge is 0.147 e. The van der Waals surface area contributed by atoms with Crippen molar-refractivity contribution in [2.24, 2.45) is 0 Å². The molecule has 2 aromatic carbocycles. The van der Waals surface area contributed by atoms with Crippen LogP contribution in [0.25, 0.3) is 11.6 Å². The molecule has 1 atom stereocenters. The van der Waals surface area contributed by atoms with E-state index < -0.39 is 15.7 Å². The Bertz CT molecular complexity index is 1010. The van der Waals surface area contributed by atoms with Gasteiger partial charge in [0.05, 0.1) is 0 Å². The smallest absolute Gasteiger partial charge is 0.147 e. The van der Waals surface area contributed by atoms with Crippen molar-refractivity contribution in [2.75, 3.05) is 0 Å². The molecule has 0 N–H and O–H groups in total. The maximum Gasteiger partial charge on any atom is -0.147 e. The first-order valence-corrected chi connectivity index (χ1v) is 27.2. The molecule has 0 fully saturated rings. The minimum Gasteiger partial charge on any atom is -0.147 e. The van der Waals surface area contributed by atoms with Gasteiger partial charge in [-0.25, -0.2) is 0 Å². The average molecular weight is 539 g/mol. The molecule has 142 valence electrons. The van der Waals surface area contributed by atoms with Gasteiger partial charge in [0.25, 0.3) is 0 Å². The van der Waals surface area contributed by atoms with E-state index in [4.69, 9.17) is 0 Å². The maximum absolute atomic E-state index is 3.01. The fourth-order valence-corrected chi connectivity index (χ4v) is 25.9. The van der Waals surface area contributed by atoms with Crippen molar-refractivity contribution < 1.29 is 15.7 Å². The maximum atomic E-state index is 2.69. The number of allylic oxidation sites excluding steroid dienone is 5. The van der Waals surface area contributed by atoms with Crippen LogP contribution in [0.1, 0.15) is 33.7 Å². The Morgan fingerprint density at radius 3 is 2.22 bits per heavy atom. The van der Waals surface area contributed by atoms with Gasteiger partial charge >= 0.3 is 158 Å². The molecule has 1 unspecified atom stereocenters. The zero-order chi connectivity index (χ0) is 17.7. The summed E-state index contributed by atoms with van der Waals surface area (Å²) in [6, 6.07) is 19.9. The molecular formula is C23H28Cl2GeZr. The van der Waals surface area contributed by atoms with Gasteiger partial charge in [-0.2, -0.15) is 0 Å². The minimum atomic E-state index is -3.01. The van der Waals surface area contributed by atoms with E-state index in [0.717, 1.165) is 6.42 Å². The Kier molecular flexibility index (Phi) is 6.96. The molecule has 4 rings (SSSR count). The van der Waals surface area contributed by atoms with Gasteiger partial charge in [-0.05, 0) is 0 Å². The average Bonchev–Trinajstić information content (AvgIpc) is 3.20. The predicted molar refractivity (Wildman–Crippen MR) is 125 cm³/mol. The van der Waals surface area contributed by atoms with Gasteiger partial charge < -0.3 is 0 Å². The third-order valence-electron chi connectivity index (χ3n) is 6.10. The molecule has 0 heterocycles. The van der Waals surface area contributed by atoms with Crippen LogP contribution >= 0.6 is 24.8 Å². The Labute approximate surface area is 181 Å². The number of rotatable bonds is 3. The van der Waals surface area contributed by atoms with Gasteiger partial charge in [-0.1, -0.05) is 0 Å². The summed E-state index contributed by atoms with van der Waals surface area (Å²) in [4.78, 5) is 0. The van der Waals surface area contributed by atoms with Gasteiger partial charge in [0.1, 0.15) is 0 Å². The summed E-state index contributed by atoms with van der Waals surface area (Å²) in [5, 5.41) is 0. The molecule has 27 heavy (non-hydrogen) atoms. The first kappa shape index (κ1) is 22.9. The van der Waals surface area contributed by atoms with Crippen molar-refractivity contribution in [3.63, 3.8) is 0 Å². The topological polar surface area (TPSA) is 0 Å². The van der Waals surface area contributed by atoms with Gasteiger partial charge in [0.15, 0.2) is 0 Å². The number of hydrogen-bond donors (Lipinski definition) is 0. The van der Waals surface area contributed by atoms with E-state index in [0.29, 0.717) is 3.63 Å². The van der Waals surface area contributed by atoms with E-state index in [2.05, 4.69) is 89.0 Å². The second-order valence-corrected chi connectivity index (χ2v) is 52.5. The van der Waals surface area contributed by atoms with Gasteiger partial charge in [-0.15, -0.1) is 24.8 Å². The van der Waals surface area contributed by atoms with Crippen molar-refractivity contribution >= 4 is 48.6 Å². The van der Waals surface area contributed by atoms with Crippen LogP contribution in [0.4, 0.5) is 0 Å². The van der Waals surface area contributed by atoms with Crippen molar-refractivity contribution in [3.05, 3.63) is 92.3 Å². The molecular weight excluding hydrogens is 511 g/mol. The molecule has 4 heteroatoms. The first-order chi connectivity index (χ1) is 11.9. The summed E-state index contributed by atoms with van der Waals surface area (Å²) < 4.78 is 7.86. The van der Waals surface area contributed by atoms with Crippen LogP contribution < -0.4 is 0 Å². The quantitative estimate of drug-likeness (QED) is 0.382. The van der Waals surface area contributed by atoms with Crippen molar-refractivity contribution in [3.8, 4) is 0 Å². The predicted octanol–water partition coefficient (Wildman–Crippen LogP) is 6.69. The Morgan fingerprint density at radius 1 is 0.889 bits per heavy atom. The molecule has 0 spiro atoms. The van der Waals surface area contributed by atoms with E-state index in [1.807, 2.05) is 0 Å². The summed E-state index contributed by atoms with van der Waals surface area (Å²) in [6.07, 6.45) is 8.62. The van der Waals surface area contributed by atoms with Crippen LogP contribution in [-0.4, -0.2) is 12.1 Å². The molecule has 2 aromatic rings. The summed E-state index contributed by atoms with van der Waals surface area (Å²) >= 11 is -1.56. The summed E-state index contributed by atoms with van der Waals surface area (Å²) in [6.45, 7) is 2.36. The van der Waals surface area contributed by atoms with Crippen molar-refractivity contribution in [2.45, 2.75) is 26.2 Å². The fourth-order valence-electron chi connectivity index (χ4n) is 4.82. The van der Waals surface area contributed by atoms with E-state index in [1.54, 1.807) is 14.4 Å². The minimum absolute atomic E-state index is 0. The normalized spacial score (nSPS) is 18.5. The van der Waals surface area contributed by atoms with Gasteiger partial charge in [0, 0.05) is 0 Å². The third-order valence-corrected chi connectivity index (χ3v) is 29.3. The molecule has 0 saturated heterocycles. The molecule has 0 bridgehead atoms. The second-order valence-electron chi connectivity index (χ2n) is 8.66. The first-order valence-electron chi connectivity index (χ1n) is 9.16. The van der Waals surface area contributed by atoms with E-state index in [-0.39, 0.29) is 24.8 Å². The van der Waals surface area contributed by atoms with E-state index in [1.165, 1.54) is 28.8 Å². The molecule has 0 aliphatic heterocycles. The van der Waals surface area contributed by atoms with Crippen LogP contribution in [0.15, 0.2) is 75.6 Å². The number of fused-ring (bicyclic) bond motifs is 1. The summed E-state index contributed by atoms with van der Waals surface area (Å²) in [7, 11) is 0. The molecule has 0 amide bonds. The Hall–Kier alpha value is -0.334. The Balaban J connectivity index is 0.00000131. The SMILES string of the molecule is CC1=Cc2ccccc2[CH]1[Zr]([CH3])([CH3])(=[GeH2])[C]1=CC(c2ccccc2)=CC1.Cl.Cl. The molecule has 2 aliphatic carbocycles. The number of halogens is 2. The van der Waals surface area contributed by atoms with E-state index in [9.17, 15) is 0 Å². The van der Waals surface area contributed by atoms with E-state index >= 15 is 0 Å². The van der Waals surface area contributed by atoms with Crippen LogP contribution in [0.2, 0.25) is 9.26 Å². The standard InChI is InChI=1S/C11H9.C10H9.2CH3.2ClH.GeH2.Zr/c1-2-6-10(7-3-1)11-8-4-5-9-11;1-8-6-9-4-2-3-5-10(9)7-8;;;;;;/h1-3,6-9H,4H2;2-7H,1H3;2*1H3;2*1H;1H2;. The van der Waals surface area contributed by atoms with Crippen molar-refractivity contribution in [1.82, 2.24) is 0 Å². The molecule has 0 radical (unpaired) electrons. The van der Waals surface area contributed by atoms with Crippen molar-refractivity contribution in [1.29, 1.82) is 0 Å². The third kappa shape index (κ3) is 4.04. The number of hydrogen-bond acceptors (Lipinski definition) is 0. The van der Waals surface area contributed by atoms with Crippen LogP contribution in [-0.2, 0) is 15.7 Å². The zero-order valence-electron chi connectivity index (χ0n) is 16.2. The molecule has 0 saturated carbocycles. The zero-order valence-corrected chi connectivity index (χ0v) is 23.3. The Morgan fingerprint density at radius 2 is 1.52 bits per heavy atom.